The van der Waals surface area contributed by atoms with Gasteiger partial charge in [-0.2, -0.15) is 10.1 Å². The largest absolute Gasteiger partial charge is 0.359 e. The molecule has 114 valence electrons. The van der Waals surface area contributed by atoms with Gasteiger partial charge in [-0.3, -0.25) is 10.1 Å². The Morgan fingerprint density at radius 1 is 1.17 bits per heavy atom. The molecule has 0 aliphatic rings. The molecule has 0 amide bonds. The van der Waals surface area contributed by atoms with Crippen molar-refractivity contribution in [1.29, 1.82) is 0 Å². The van der Waals surface area contributed by atoms with E-state index in [0.29, 0.717) is 29.6 Å². The first-order valence-corrected chi connectivity index (χ1v) is 7.04. The zero-order valence-electron chi connectivity index (χ0n) is 12.3. The van der Waals surface area contributed by atoms with Crippen LogP contribution in [0.5, 0.6) is 0 Å². The summed E-state index contributed by atoms with van der Waals surface area (Å²) in [6.45, 7) is 0.499. The fraction of sp³-hybridized carbons (Fsp3) is 0.133. The summed E-state index contributed by atoms with van der Waals surface area (Å²) in [5.41, 5.74) is 2.19. The summed E-state index contributed by atoms with van der Waals surface area (Å²) in [4.78, 5) is 14.9. The highest BCUT2D eigenvalue weighted by Gasteiger charge is 2.12. The highest BCUT2D eigenvalue weighted by Crippen LogP contribution is 2.19. The van der Waals surface area contributed by atoms with Crippen LogP contribution >= 0.6 is 0 Å². The monoisotopic (exact) mass is 307 g/mol. The number of fused-ring (bicyclic) bond motifs is 1. The van der Waals surface area contributed by atoms with Gasteiger partial charge in [-0.1, -0.05) is 11.2 Å². The predicted octanol–water partition coefficient (Wildman–Crippen LogP) is 2.04. The van der Waals surface area contributed by atoms with Crippen molar-refractivity contribution in [3.05, 3.63) is 48.6 Å². The molecule has 4 rings (SSSR count). The van der Waals surface area contributed by atoms with Gasteiger partial charge in [0.15, 0.2) is 11.4 Å². The number of anilines is 1. The van der Waals surface area contributed by atoms with Gasteiger partial charge >= 0.3 is 0 Å². The van der Waals surface area contributed by atoms with Crippen molar-refractivity contribution in [1.82, 2.24) is 30.3 Å². The second kappa shape index (κ2) is 5.48. The molecule has 0 atom stereocenters. The average Bonchev–Trinajstić information content (AvgIpc) is 3.24. The molecular formula is C15H13N7O. The van der Waals surface area contributed by atoms with E-state index in [1.54, 1.807) is 18.6 Å². The molecule has 0 bridgehead atoms. The van der Waals surface area contributed by atoms with Crippen molar-refractivity contribution in [3.63, 3.8) is 0 Å². The molecule has 0 unspecified atom stereocenters. The van der Waals surface area contributed by atoms with Crippen molar-refractivity contribution < 1.29 is 4.52 Å². The number of aromatic nitrogens is 6. The number of aromatic amines is 1. The lowest BCUT2D eigenvalue weighted by Gasteiger charge is -2.14. The van der Waals surface area contributed by atoms with Gasteiger partial charge in [0, 0.05) is 25.5 Å². The maximum absolute atomic E-state index is 5.38. The maximum atomic E-state index is 5.38. The Kier molecular flexibility index (Phi) is 3.19. The Labute approximate surface area is 131 Å². The average molecular weight is 307 g/mol. The van der Waals surface area contributed by atoms with Crippen molar-refractivity contribution >= 4 is 17.0 Å². The number of hydrogen-bond acceptors (Lipinski definition) is 7. The van der Waals surface area contributed by atoms with Crippen LogP contribution in [0.1, 0.15) is 5.76 Å². The molecule has 0 spiro atoms. The summed E-state index contributed by atoms with van der Waals surface area (Å²) < 4.78 is 5.38. The second-order valence-corrected chi connectivity index (χ2v) is 5.09. The molecule has 0 aromatic carbocycles. The van der Waals surface area contributed by atoms with E-state index in [4.69, 9.17) is 4.52 Å². The summed E-state index contributed by atoms with van der Waals surface area (Å²) in [6.07, 6.45) is 5.15. The maximum Gasteiger partial charge on any atom is 0.227 e. The summed E-state index contributed by atoms with van der Waals surface area (Å²) in [5, 5.41) is 11.7. The SMILES string of the molecule is CN(Cc1cc(-c2ccccn2)no1)c1ncc2cn[nH]c2n1. The Morgan fingerprint density at radius 3 is 3.00 bits per heavy atom. The van der Waals surface area contributed by atoms with Crippen LogP contribution in [-0.4, -0.2) is 37.4 Å². The van der Waals surface area contributed by atoms with Gasteiger partial charge in [0.1, 0.15) is 5.69 Å². The molecule has 23 heavy (non-hydrogen) atoms. The smallest absolute Gasteiger partial charge is 0.227 e. The zero-order chi connectivity index (χ0) is 15.6. The quantitative estimate of drug-likeness (QED) is 0.616. The Hall–Kier alpha value is -3.29. The van der Waals surface area contributed by atoms with E-state index in [1.165, 1.54) is 0 Å². The van der Waals surface area contributed by atoms with Crippen LogP contribution in [0.15, 0.2) is 47.4 Å². The first-order chi connectivity index (χ1) is 11.3. The molecule has 4 aromatic rings. The number of nitrogens with one attached hydrogen (secondary N) is 1. The second-order valence-electron chi connectivity index (χ2n) is 5.09. The lowest BCUT2D eigenvalue weighted by Crippen LogP contribution is -2.18. The normalized spacial score (nSPS) is 11.0. The number of H-pyrrole nitrogens is 1. The predicted molar refractivity (Wildman–Crippen MR) is 83.5 cm³/mol. The summed E-state index contributed by atoms with van der Waals surface area (Å²) >= 11 is 0. The third kappa shape index (κ3) is 2.61. The van der Waals surface area contributed by atoms with Crippen molar-refractivity contribution in [2.45, 2.75) is 6.54 Å². The molecule has 4 aromatic heterocycles. The lowest BCUT2D eigenvalue weighted by molar-refractivity contribution is 0.384. The minimum absolute atomic E-state index is 0.499. The molecule has 4 heterocycles. The number of rotatable bonds is 4. The number of pyridine rings is 1. The number of nitrogens with zero attached hydrogens (tertiary/aromatic N) is 6. The summed E-state index contributed by atoms with van der Waals surface area (Å²) in [6, 6.07) is 7.53. The molecule has 8 nitrogen and oxygen atoms in total. The van der Waals surface area contributed by atoms with Crippen LogP contribution in [0.3, 0.4) is 0 Å². The van der Waals surface area contributed by atoms with Gasteiger partial charge in [0.25, 0.3) is 0 Å². The lowest BCUT2D eigenvalue weighted by atomic mass is 10.2. The minimum atomic E-state index is 0.499. The van der Waals surface area contributed by atoms with E-state index in [1.807, 2.05) is 36.2 Å². The van der Waals surface area contributed by atoms with Crippen LogP contribution in [0.4, 0.5) is 5.95 Å². The van der Waals surface area contributed by atoms with E-state index in [-0.39, 0.29) is 0 Å². The third-order valence-electron chi connectivity index (χ3n) is 3.40. The van der Waals surface area contributed by atoms with E-state index < -0.39 is 0 Å². The molecule has 8 heteroatoms. The van der Waals surface area contributed by atoms with Gasteiger partial charge < -0.3 is 9.42 Å². The molecule has 0 radical (unpaired) electrons. The van der Waals surface area contributed by atoms with Crippen LogP contribution in [0.2, 0.25) is 0 Å². The van der Waals surface area contributed by atoms with Gasteiger partial charge in [-0.25, -0.2) is 4.98 Å². The van der Waals surface area contributed by atoms with E-state index in [2.05, 4.69) is 30.3 Å². The van der Waals surface area contributed by atoms with Crippen LogP contribution in [0.25, 0.3) is 22.4 Å². The van der Waals surface area contributed by atoms with Gasteiger partial charge in [-0.15, -0.1) is 0 Å². The fourth-order valence-corrected chi connectivity index (χ4v) is 2.24. The standard InChI is InChI=1S/C15H13N7O/c1-22(15-17-7-10-8-18-20-14(10)19-15)9-11-6-13(21-23-11)12-4-2-3-5-16-12/h2-8H,9H2,1H3,(H,17,18,19,20). The summed E-state index contributed by atoms with van der Waals surface area (Å²) in [7, 11) is 1.89. The first-order valence-electron chi connectivity index (χ1n) is 7.04. The van der Waals surface area contributed by atoms with E-state index in [0.717, 1.165) is 11.1 Å². The zero-order valence-corrected chi connectivity index (χ0v) is 12.3. The minimum Gasteiger partial charge on any atom is -0.359 e. The van der Waals surface area contributed by atoms with Crippen LogP contribution in [0, 0.1) is 0 Å². The Balaban J connectivity index is 1.54. The molecule has 0 saturated carbocycles. The molecule has 0 aliphatic carbocycles. The highest BCUT2D eigenvalue weighted by molar-refractivity contribution is 5.73. The fourth-order valence-electron chi connectivity index (χ4n) is 2.24. The first kappa shape index (κ1) is 13.4. The van der Waals surface area contributed by atoms with Crippen LogP contribution < -0.4 is 4.90 Å². The third-order valence-corrected chi connectivity index (χ3v) is 3.40. The van der Waals surface area contributed by atoms with Gasteiger partial charge in [0.2, 0.25) is 5.95 Å². The molecule has 0 saturated heterocycles. The van der Waals surface area contributed by atoms with Crippen molar-refractivity contribution in [2.75, 3.05) is 11.9 Å². The van der Waals surface area contributed by atoms with Gasteiger partial charge in [0.05, 0.1) is 23.8 Å². The molecule has 1 N–H and O–H groups in total. The molecule has 0 aliphatic heterocycles. The van der Waals surface area contributed by atoms with Crippen LogP contribution in [-0.2, 0) is 6.54 Å². The molecule has 0 fully saturated rings. The molecular weight excluding hydrogens is 294 g/mol. The van der Waals surface area contributed by atoms with Crippen molar-refractivity contribution in [2.24, 2.45) is 0 Å². The van der Waals surface area contributed by atoms with E-state index >= 15 is 0 Å². The topological polar surface area (TPSA) is 96.6 Å². The Bertz CT molecular complexity index is 931. The van der Waals surface area contributed by atoms with Gasteiger partial charge in [-0.05, 0) is 12.1 Å². The van der Waals surface area contributed by atoms with Crippen molar-refractivity contribution in [3.8, 4) is 11.4 Å². The summed E-state index contributed by atoms with van der Waals surface area (Å²) in [5.74, 6) is 1.29. The highest BCUT2D eigenvalue weighted by atomic mass is 16.5. The van der Waals surface area contributed by atoms with E-state index in [9.17, 15) is 0 Å². The Morgan fingerprint density at radius 2 is 2.13 bits per heavy atom. The number of hydrogen-bond donors (Lipinski definition) is 1.